The van der Waals surface area contributed by atoms with Crippen molar-refractivity contribution < 1.29 is 4.42 Å². The van der Waals surface area contributed by atoms with Crippen LogP contribution in [0, 0.1) is 6.92 Å². The van der Waals surface area contributed by atoms with Gasteiger partial charge in [0.15, 0.2) is 0 Å². The van der Waals surface area contributed by atoms with Crippen LogP contribution < -0.4 is 5.32 Å². The maximum atomic E-state index is 5.45. The topological polar surface area (TPSA) is 25.2 Å². The van der Waals surface area contributed by atoms with Crippen molar-refractivity contribution in [1.82, 2.24) is 5.32 Å². The van der Waals surface area contributed by atoms with E-state index in [1.54, 1.807) is 0 Å². The van der Waals surface area contributed by atoms with Gasteiger partial charge in [0.2, 0.25) is 0 Å². The molecule has 1 atom stereocenters. The smallest absolute Gasteiger partial charge is 0.104 e. The molecule has 0 saturated heterocycles. The average molecular weight is 167 g/mol. The van der Waals surface area contributed by atoms with Gasteiger partial charge in [-0.05, 0) is 39.4 Å². The van der Waals surface area contributed by atoms with Gasteiger partial charge in [-0.2, -0.15) is 0 Å². The molecule has 0 aliphatic carbocycles. The molecule has 0 aliphatic rings. The van der Waals surface area contributed by atoms with Crippen LogP contribution >= 0.6 is 0 Å². The summed E-state index contributed by atoms with van der Waals surface area (Å²) in [7, 11) is 1.98. The summed E-state index contributed by atoms with van der Waals surface area (Å²) in [5, 5.41) is 3.20. The molecule has 0 amide bonds. The lowest BCUT2D eigenvalue weighted by Gasteiger charge is -2.07. The highest BCUT2D eigenvalue weighted by Gasteiger charge is 2.01. The zero-order valence-electron chi connectivity index (χ0n) is 8.05. The van der Waals surface area contributed by atoms with E-state index < -0.39 is 0 Å². The van der Waals surface area contributed by atoms with Crippen molar-refractivity contribution in [2.24, 2.45) is 0 Å². The van der Waals surface area contributed by atoms with Gasteiger partial charge in [-0.15, -0.1) is 0 Å². The van der Waals surface area contributed by atoms with Gasteiger partial charge in [0.05, 0.1) is 0 Å². The van der Waals surface area contributed by atoms with Gasteiger partial charge < -0.3 is 9.73 Å². The number of hydrogen-bond acceptors (Lipinski definition) is 2. The van der Waals surface area contributed by atoms with Gasteiger partial charge in [-0.3, -0.25) is 0 Å². The fourth-order valence-electron chi connectivity index (χ4n) is 1.12. The standard InChI is InChI=1S/C10H17NO/c1-8(11-3)4-6-10-7-5-9(2)12-10/h5,7-8,11H,4,6H2,1-3H3. The summed E-state index contributed by atoms with van der Waals surface area (Å²) in [6, 6.07) is 4.63. The molecule has 0 bridgehead atoms. The highest BCUT2D eigenvalue weighted by Crippen LogP contribution is 2.09. The lowest BCUT2D eigenvalue weighted by atomic mass is 10.1. The Morgan fingerprint density at radius 1 is 1.50 bits per heavy atom. The van der Waals surface area contributed by atoms with Gasteiger partial charge in [-0.25, -0.2) is 0 Å². The summed E-state index contributed by atoms with van der Waals surface area (Å²) in [5.74, 6) is 2.09. The zero-order chi connectivity index (χ0) is 8.97. The second kappa shape index (κ2) is 4.31. The van der Waals surface area contributed by atoms with E-state index >= 15 is 0 Å². The third-order valence-electron chi connectivity index (χ3n) is 2.11. The molecule has 12 heavy (non-hydrogen) atoms. The second-order valence-electron chi connectivity index (χ2n) is 3.24. The number of rotatable bonds is 4. The maximum absolute atomic E-state index is 5.45. The minimum absolute atomic E-state index is 0.565. The SMILES string of the molecule is CNC(C)CCc1ccc(C)o1. The van der Waals surface area contributed by atoms with Crippen molar-refractivity contribution >= 4 is 0 Å². The van der Waals surface area contributed by atoms with Gasteiger partial charge in [0.25, 0.3) is 0 Å². The van der Waals surface area contributed by atoms with Gasteiger partial charge in [0.1, 0.15) is 11.5 Å². The first-order chi connectivity index (χ1) is 5.72. The fraction of sp³-hybridized carbons (Fsp3) is 0.600. The minimum atomic E-state index is 0.565. The van der Waals surface area contributed by atoms with Gasteiger partial charge >= 0.3 is 0 Å². The fourth-order valence-corrected chi connectivity index (χ4v) is 1.12. The Hall–Kier alpha value is -0.760. The van der Waals surface area contributed by atoms with Crippen molar-refractivity contribution in [3.63, 3.8) is 0 Å². The average Bonchev–Trinajstić information content (AvgIpc) is 2.47. The zero-order valence-corrected chi connectivity index (χ0v) is 8.05. The normalized spacial score (nSPS) is 13.2. The third-order valence-corrected chi connectivity index (χ3v) is 2.11. The van der Waals surface area contributed by atoms with Gasteiger partial charge in [-0.1, -0.05) is 0 Å². The van der Waals surface area contributed by atoms with Crippen molar-refractivity contribution in [3.8, 4) is 0 Å². The van der Waals surface area contributed by atoms with Crippen molar-refractivity contribution in [3.05, 3.63) is 23.7 Å². The molecule has 1 unspecified atom stereocenters. The van der Waals surface area contributed by atoms with Crippen LogP contribution in [0.3, 0.4) is 0 Å². The highest BCUT2D eigenvalue weighted by molar-refractivity contribution is 5.05. The Morgan fingerprint density at radius 2 is 2.25 bits per heavy atom. The Balaban J connectivity index is 2.33. The molecule has 1 aromatic heterocycles. The van der Waals surface area contributed by atoms with Crippen LogP contribution in [0.15, 0.2) is 16.5 Å². The van der Waals surface area contributed by atoms with Crippen LogP contribution in [-0.2, 0) is 6.42 Å². The van der Waals surface area contributed by atoms with Crippen LogP contribution in [0.4, 0.5) is 0 Å². The quantitative estimate of drug-likeness (QED) is 0.743. The van der Waals surface area contributed by atoms with Crippen LogP contribution in [0.5, 0.6) is 0 Å². The summed E-state index contributed by atoms with van der Waals surface area (Å²) in [6.45, 7) is 4.15. The van der Waals surface area contributed by atoms with E-state index in [-0.39, 0.29) is 0 Å². The van der Waals surface area contributed by atoms with Crippen molar-refractivity contribution in [1.29, 1.82) is 0 Å². The molecule has 0 saturated carbocycles. The first kappa shape index (κ1) is 9.33. The Bertz CT molecular complexity index is 229. The van der Waals surface area contributed by atoms with Crippen LogP contribution in [-0.4, -0.2) is 13.1 Å². The molecular formula is C10H17NO. The Labute approximate surface area is 74.0 Å². The molecule has 2 nitrogen and oxygen atoms in total. The molecule has 1 aromatic rings. The number of aryl methyl sites for hydroxylation is 2. The van der Waals surface area contributed by atoms with E-state index in [1.165, 1.54) is 0 Å². The predicted molar refractivity (Wildman–Crippen MR) is 50.3 cm³/mol. The first-order valence-corrected chi connectivity index (χ1v) is 4.45. The summed E-state index contributed by atoms with van der Waals surface area (Å²) in [5.41, 5.74) is 0. The molecule has 1 rings (SSSR count). The Kier molecular flexibility index (Phi) is 3.35. The number of hydrogen-bond donors (Lipinski definition) is 1. The third kappa shape index (κ3) is 2.70. The summed E-state index contributed by atoms with van der Waals surface area (Å²) >= 11 is 0. The molecule has 2 heteroatoms. The summed E-state index contributed by atoms with van der Waals surface area (Å²) in [6.07, 6.45) is 2.15. The monoisotopic (exact) mass is 167 g/mol. The first-order valence-electron chi connectivity index (χ1n) is 4.45. The molecule has 0 spiro atoms. The van der Waals surface area contributed by atoms with E-state index in [1.807, 2.05) is 20.0 Å². The largest absolute Gasteiger partial charge is 0.466 e. The maximum Gasteiger partial charge on any atom is 0.104 e. The summed E-state index contributed by atoms with van der Waals surface area (Å²) in [4.78, 5) is 0. The number of furan rings is 1. The second-order valence-corrected chi connectivity index (χ2v) is 3.24. The van der Waals surface area contributed by atoms with Crippen molar-refractivity contribution in [2.75, 3.05) is 7.05 Å². The van der Waals surface area contributed by atoms with E-state index in [4.69, 9.17) is 4.42 Å². The molecule has 1 N–H and O–H groups in total. The van der Waals surface area contributed by atoms with E-state index in [0.29, 0.717) is 6.04 Å². The molecule has 0 aromatic carbocycles. The van der Waals surface area contributed by atoms with E-state index in [9.17, 15) is 0 Å². The van der Waals surface area contributed by atoms with Crippen LogP contribution in [0.2, 0.25) is 0 Å². The Morgan fingerprint density at radius 3 is 2.75 bits per heavy atom. The summed E-state index contributed by atoms with van der Waals surface area (Å²) < 4.78 is 5.45. The van der Waals surface area contributed by atoms with Crippen molar-refractivity contribution in [2.45, 2.75) is 32.7 Å². The predicted octanol–water partition coefficient (Wildman–Crippen LogP) is 2.13. The minimum Gasteiger partial charge on any atom is -0.466 e. The van der Waals surface area contributed by atoms with E-state index in [2.05, 4.69) is 18.3 Å². The molecule has 1 heterocycles. The highest BCUT2D eigenvalue weighted by atomic mass is 16.3. The van der Waals surface area contributed by atoms with E-state index in [0.717, 1.165) is 24.4 Å². The molecule has 0 aliphatic heterocycles. The molecular weight excluding hydrogens is 150 g/mol. The van der Waals surface area contributed by atoms with Crippen LogP contribution in [0.1, 0.15) is 24.9 Å². The lowest BCUT2D eigenvalue weighted by molar-refractivity contribution is 0.457. The van der Waals surface area contributed by atoms with Gasteiger partial charge in [0, 0.05) is 12.5 Å². The molecule has 0 radical (unpaired) electrons. The number of nitrogens with one attached hydrogen (secondary N) is 1. The lowest BCUT2D eigenvalue weighted by Crippen LogP contribution is -2.21. The molecule has 68 valence electrons. The van der Waals surface area contributed by atoms with Crippen LogP contribution in [0.25, 0.3) is 0 Å². The molecule has 0 fully saturated rings.